The molecule has 0 aliphatic heterocycles. The minimum Gasteiger partial charge on any atom is -0.398 e. The number of benzene rings is 1. The van der Waals surface area contributed by atoms with Crippen molar-refractivity contribution in [3.63, 3.8) is 0 Å². The van der Waals surface area contributed by atoms with Gasteiger partial charge in [-0.3, -0.25) is 0 Å². The minimum atomic E-state index is -0.0961. The number of anilines is 1. The maximum Gasteiger partial charge on any atom is 0.0410 e. The number of nitrogens with two attached hydrogens (primary N) is 2. The standard InChI is InChI=1S/C11H17ClN2/c1-11(2,3)10(14)8-6-7(12)4-5-9(8)13/h4-6,10H,13-14H2,1-3H3. The first-order chi connectivity index (χ1) is 6.32. The predicted octanol–water partition coefficient (Wildman–Crippen LogP) is 2.97. The fraction of sp³-hybridized carbons (Fsp3) is 0.455. The maximum atomic E-state index is 6.10. The van der Waals surface area contributed by atoms with Crippen molar-refractivity contribution in [2.24, 2.45) is 11.1 Å². The molecule has 1 aromatic rings. The van der Waals surface area contributed by atoms with Crippen LogP contribution in [0.25, 0.3) is 0 Å². The Bertz CT molecular complexity index is 329. The van der Waals surface area contributed by atoms with Gasteiger partial charge in [0.15, 0.2) is 0 Å². The van der Waals surface area contributed by atoms with Crippen molar-refractivity contribution < 1.29 is 0 Å². The molecule has 1 rings (SSSR count). The lowest BCUT2D eigenvalue weighted by atomic mass is 9.82. The number of halogens is 1. The van der Waals surface area contributed by atoms with Crippen molar-refractivity contribution >= 4 is 17.3 Å². The fourth-order valence-electron chi connectivity index (χ4n) is 1.28. The van der Waals surface area contributed by atoms with Crippen LogP contribution in [0.3, 0.4) is 0 Å². The lowest BCUT2D eigenvalue weighted by Crippen LogP contribution is -2.27. The minimum absolute atomic E-state index is 0.0151. The number of hydrogen-bond acceptors (Lipinski definition) is 2. The zero-order chi connectivity index (χ0) is 10.9. The van der Waals surface area contributed by atoms with Gasteiger partial charge in [-0.15, -0.1) is 0 Å². The topological polar surface area (TPSA) is 52.0 Å². The van der Waals surface area contributed by atoms with Gasteiger partial charge >= 0.3 is 0 Å². The number of rotatable bonds is 1. The van der Waals surface area contributed by atoms with Crippen LogP contribution in [-0.2, 0) is 0 Å². The van der Waals surface area contributed by atoms with E-state index < -0.39 is 0 Å². The molecule has 1 atom stereocenters. The van der Waals surface area contributed by atoms with Crippen LogP contribution < -0.4 is 11.5 Å². The Hall–Kier alpha value is -0.730. The third-order valence-corrected chi connectivity index (χ3v) is 2.55. The molecular formula is C11H17ClN2. The molecule has 1 aromatic carbocycles. The highest BCUT2D eigenvalue weighted by Crippen LogP contribution is 2.34. The van der Waals surface area contributed by atoms with Crippen LogP contribution in [-0.4, -0.2) is 0 Å². The first-order valence-electron chi connectivity index (χ1n) is 4.63. The lowest BCUT2D eigenvalue weighted by molar-refractivity contribution is 0.328. The summed E-state index contributed by atoms with van der Waals surface area (Å²) in [6.45, 7) is 6.24. The van der Waals surface area contributed by atoms with Crippen molar-refractivity contribution in [1.82, 2.24) is 0 Å². The lowest BCUT2D eigenvalue weighted by Gasteiger charge is -2.28. The van der Waals surface area contributed by atoms with Crippen molar-refractivity contribution in [3.05, 3.63) is 28.8 Å². The predicted molar refractivity (Wildman–Crippen MR) is 62.2 cm³/mol. The van der Waals surface area contributed by atoms with E-state index in [2.05, 4.69) is 20.8 Å². The zero-order valence-electron chi connectivity index (χ0n) is 8.84. The van der Waals surface area contributed by atoms with Gasteiger partial charge < -0.3 is 11.5 Å². The van der Waals surface area contributed by atoms with Gasteiger partial charge in [0.1, 0.15) is 0 Å². The average molecular weight is 213 g/mol. The highest BCUT2D eigenvalue weighted by Gasteiger charge is 2.23. The van der Waals surface area contributed by atoms with Crippen LogP contribution in [0, 0.1) is 5.41 Å². The van der Waals surface area contributed by atoms with Crippen molar-refractivity contribution in [1.29, 1.82) is 0 Å². The summed E-state index contributed by atoms with van der Waals surface area (Å²) in [4.78, 5) is 0. The molecule has 0 saturated carbocycles. The van der Waals surface area contributed by atoms with E-state index in [0.717, 1.165) is 5.56 Å². The third-order valence-electron chi connectivity index (χ3n) is 2.32. The SMILES string of the molecule is CC(C)(C)C(N)c1cc(Cl)ccc1N. The maximum absolute atomic E-state index is 6.10. The normalized spacial score (nSPS) is 14.1. The largest absolute Gasteiger partial charge is 0.398 e. The fourth-order valence-corrected chi connectivity index (χ4v) is 1.46. The Morgan fingerprint density at radius 1 is 1.29 bits per heavy atom. The second kappa shape index (κ2) is 3.79. The van der Waals surface area contributed by atoms with Gasteiger partial charge in [-0.1, -0.05) is 32.4 Å². The van der Waals surface area contributed by atoms with Crippen LogP contribution in [0.5, 0.6) is 0 Å². The molecule has 0 aromatic heterocycles. The van der Waals surface area contributed by atoms with Crippen LogP contribution in [0.15, 0.2) is 18.2 Å². The molecule has 4 N–H and O–H groups in total. The Kier molecular flexibility index (Phi) is 3.07. The molecule has 0 spiro atoms. The molecule has 0 saturated heterocycles. The molecule has 0 aliphatic carbocycles. The van der Waals surface area contributed by atoms with Gasteiger partial charge in [0.25, 0.3) is 0 Å². The first-order valence-corrected chi connectivity index (χ1v) is 5.00. The summed E-state index contributed by atoms with van der Waals surface area (Å²) in [7, 11) is 0. The zero-order valence-corrected chi connectivity index (χ0v) is 9.60. The van der Waals surface area contributed by atoms with Crippen molar-refractivity contribution in [3.8, 4) is 0 Å². The Balaban J connectivity index is 3.12. The van der Waals surface area contributed by atoms with Gasteiger partial charge in [-0.05, 0) is 29.2 Å². The number of hydrogen-bond donors (Lipinski definition) is 2. The van der Waals surface area contributed by atoms with E-state index in [9.17, 15) is 0 Å². The molecule has 0 bridgehead atoms. The van der Waals surface area contributed by atoms with E-state index in [1.807, 2.05) is 6.07 Å². The van der Waals surface area contributed by atoms with E-state index in [1.54, 1.807) is 12.1 Å². The van der Waals surface area contributed by atoms with E-state index >= 15 is 0 Å². The second-order valence-corrected chi connectivity index (χ2v) is 5.05. The van der Waals surface area contributed by atoms with Crippen LogP contribution in [0.1, 0.15) is 32.4 Å². The summed E-state index contributed by atoms with van der Waals surface area (Å²) >= 11 is 5.90. The Morgan fingerprint density at radius 3 is 2.36 bits per heavy atom. The molecule has 0 radical (unpaired) electrons. The highest BCUT2D eigenvalue weighted by molar-refractivity contribution is 6.30. The summed E-state index contributed by atoms with van der Waals surface area (Å²) in [5.41, 5.74) is 13.6. The van der Waals surface area contributed by atoms with Crippen LogP contribution in [0.2, 0.25) is 5.02 Å². The highest BCUT2D eigenvalue weighted by atomic mass is 35.5. The quantitative estimate of drug-likeness (QED) is 0.704. The van der Waals surface area contributed by atoms with E-state index in [1.165, 1.54) is 0 Å². The molecule has 0 aliphatic rings. The molecule has 14 heavy (non-hydrogen) atoms. The molecule has 78 valence electrons. The summed E-state index contributed by atoms with van der Waals surface area (Å²) in [5.74, 6) is 0. The molecule has 0 amide bonds. The van der Waals surface area contributed by atoms with Crippen LogP contribution >= 0.6 is 11.6 Å². The van der Waals surface area contributed by atoms with Gasteiger partial charge in [-0.2, -0.15) is 0 Å². The first kappa shape index (κ1) is 11.3. The van der Waals surface area contributed by atoms with Crippen molar-refractivity contribution in [2.45, 2.75) is 26.8 Å². The Morgan fingerprint density at radius 2 is 1.86 bits per heavy atom. The van der Waals surface area contributed by atoms with Gasteiger partial charge in [0.05, 0.1) is 0 Å². The number of nitrogen functional groups attached to an aromatic ring is 1. The van der Waals surface area contributed by atoms with Gasteiger partial charge in [-0.25, -0.2) is 0 Å². The molecule has 3 heteroatoms. The van der Waals surface area contributed by atoms with E-state index in [0.29, 0.717) is 10.7 Å². The smallest absolute Gasteiger partial charge is 0.0410 e. The molecule has 2 nitrogen and oxygen atoms in total. The Labute approximate surface area is 90.2 Å². The van der Waals surface area contributed by atoms with Crippen LogP contribution in [0.4, 0.5) is 5.69 Å². The van der Waals surface area contributed by atoms with Gasteiger partial charge in [0.2, 0.25) is 0 Å². The van der Waals surface area contributed by atoms with E-state index in [4.69, 9.17) is 23.1 Å². The molecule has 1 unspecified atom stereocenters. The molecule has 0 fully saturated rings. The van der Waals surface area contributed by atoms with E-state index in [-0.39, 0.29) is 11.5 Å². The second-order valence-electron chi connectivity index (χ2n) is 4.62. The summed E-state index contributed by atoms with van der Waals surface area (Å²) < 4.78 is 0. The monoisotopic (exact) mass is 212 g/mol. The summed E-state index contributed by atoms with van der Waals surface area (Å²) in [6.07, 6.45) is 0. The van der Waals surface area contributed by atoms with Gasteiger partial charge in [0, 0.05) is 16.8 Å². The summed E-state index contributed by atoms with van der Waals surface area (Å²) in [6, 6.07) is 5.31. The average Bonchev–Trinajstić information content (AvgIpc) is 2.06. The van der Waals surface area contributed by atoms with Crippen molar-refractivity contribution in [2.75, 3.05) is 5.73 Å². The summed E-state index contributed by atoms with van der Waals surface area (Å²) in [5, 5.41) is 0.675. The molecule has 0 heterocycles. The third kappa shape index (κ3) is 2.40. The molecular weight excluding hydrogens is 196 g/mol.